The monoisotopic (exact) mass is 240 g/mol. The van der Waals surface area contributed by atoms with Gasteiger partial charge in [-0.3, -0.25) is 8.86 Å². The first kappa shape index (κ1) is 11.1. The van der Waals surface area contributed by atoms with Gasteiger partial charge in [-0.25, -0.2) is 0 Å². The number of benzene rings is 1. The van der Waals surface area contributed by atoms with Gasteiger partial charge >= 0.3 is 0 Å². The molecule has 0 amide bonds. The molecule has 5 nitrogen and oxygen atoms in total. The Hall–Kier alpha value is -1.40. The maximum absolute atomic E-state index is 10.8. The second kappa shape index (κ2) is 3.88. The Bertz CT molecular complexity index is 616. The Morgan fingerprint density at radius 2 is 2.19 bits per heavy atom. The van der Waals surface area contributed by atoms with Crippen LogP contribution in [-0.4, -0.2) is 24.5 Å². The second-order valence-corrected chi connectivity index (χ2v) is 5.27. The van der Waals surface area contributed by atoms with E-state index >= 15 is 0 Å². The van der Waals surface area contributed by atoms with Crippen molar-refractivity contribution in [2.24, 2.45) is 7.05 Å². The molecule has 0 aliphatic carbocycles. The Labute approximate surface area is 93.8 Å². The van der Waals surface area contributed by atoms with Crippen molar-refractivity contribution in [2.75, 3.05) is 6.26 Å². The predicted molar refractivity (Wildman–Crippen MR) is 60.3 cm³/mol. The molecule has 0 spiro atoms. The highest BCUT2D eigenvalue weighted by atomic mass is 32.2. The van der Waals surface area contributed by atoms with Crippen LogP contribution in [0.5, 0.6) is 0 Å². The fourth-order valence-electron chi connectivity index (χ4n) is 1.48. The summed E-state index contributed by atoms with van der Waals surface area (Å²) in [5.41, 5.74) is 1.81. The van der Waals surface area contributed by atoms with Crippen molar-refractivity contribution in [3.05, 3.63) is 30.0 Å². The molecule has 0 bridgehead atoms. The topological polar surface area (TPSA) is 61.2 Å². The largest absolute Gasteiger partial charge is 0.268 e. The van der Waals surface area contributed by atoms with Gasteiger partial charge in [0, 0.05) is 12.4 Å². The fraction of sp³-hybridized carbons (Fsp3) is 0.300. The number of hydrogen-bond donors (Lipinski definition) is 0. The lowest BCUT2D eigenvalue weighted by Gasteiger charge is -2.02. The molecule has 0 N–H and O–H groups in total. The first-order valence-corrected chi connectivity index (χ1v) is 6.52. The summed E-state index contributed by atoms with van der Waals surface area (Å²) >= 11 is 0. The van der Waals surface area contributed by atoms with Crippen molar-refractivity contribution in [2.45, 2.75) is 6.61 Å². The summed E-state index contributed by atoms with van der Waals surface area (Å²) in [5.74, 6) is 0. The maximum Gasteiger partial charge on any atom is 0.264 e. The maximum atomic E-state index is 10.8. The van der Waals surface area contributed by atoms with E-state index in [4.69, 9.17) is 4.18 Å². The molecule has 0 unspecified atom stereocenters. The SMILES string of the molecule is Cn1ncc2cc(COS(C)(=O)=O)ccc21. The molecule has 1 aromatic heterocycles. The van der Waals surface area contributed by atoms with Crippen LogP contribution in [0, 0.1) is 0 Å². The molecule has 0 saturated carbocycles. The van der Waals surface area contributed by atoms with Gasteiger partial charge in [0.25, 0.3) is 10.1 Å². The normalized spacial score (nSPS) is 12.1. The summed E-state index contributed by atoms with van der Waals surface area (Å²) in [7, 11) is -1.54. The van der Waals surface area contributed by atoms with Crippen molar-refractivity contribution in [1.29, 1.82) is 0 Å². The van der Waals surface area contributed by atoms with E-state index in [-0.39, 0.29) is 6.61 Å². The van der Waals surface area contributed by atoms with Crippen LogP contribution in [0.4, 0.5) is 0 Å². The summed E-state index contributed by atoms with van der Waals surface area (Å²) in [4.78, 5) is 0. The molecule has 6 heteroatoms. The zero-order valence-electron chi connectivity index (χ0n) is 9.04. The first-order valence-electron chi connectivity index (χ1n) is 4.71. The zero-order chi connectivity index (χ0) is 11.8. The summed E-state index contributed by atoms with van der Waals surface area (Å²) in [6.45, 7) is 0.0592. The summed E-state index contributed by atoms with van der Waals surface area (Å²) in [5, 5.41) is 5.07. The number of aromatic nitrogens is 2. The van der Waals surface area contributed by atoms with Crippen LogP contribution in [0.3, 0.4) is 0 Å². The van der Waals surface area contributed by atoms with Crippen LogP contribution < -0.4 is 0 Å². The van der Waals surface area contributed by atoms with Gasteiger partial charge in [0.05, 0.1) is 24.6 Å². The standard InChI is InChI=1S/C10H12N2O3S/c1-12-10-4-3-8(5-9(10)6-11-12)7-15-16(2,13)14/h3-6H,7H2,1-2H3. The lowest BCUT2D eigenvalue weighted by atomic mass is 10.2. The highest BCUT2D eigenvalue weighted by Crippen LogP contribution is 2.15. The highest BCUT2D eigenvalue weighted by molar-refractivity contribution is 7.85. The van der Waals surface area contributed by atoms with Crippen LogP contribution in [0.15, 0.2) is 24.4 Å². The van der Waals surface area contributed by atoms with E-state index < -0.39 is 10.1 Å². The van der Waals surface area contributed by atoms with E-state index in [9.17, 15) is 8.42 Å². The van der Waals surface area contributed by atoms with E-state index in [0.717, 1.165) is 22.7 Å². The molecule has 0 radical (unpaired) electrons. The number of aryl methyl sites for hydroxylation is 1. The van der Waals surface area contributed by atoms with Gasteiger partial charge in [0.2, 0.25) is 0 Å². The van der Waals surface area contributed by atoms with E-state index in [1.165, 1.54) is 0 Å². The Morgan fingerprint density at radius 1 is 1.44 bits per heavy atom. The first-order chi connectivity index (χ1) is 7.46. The molecule has 1 aromatic carbocycles. The quantitative estimate of drug-likeness (QED) is 0.752. The molecule has 0 aliphatic heterocycles. The van der Waals surface area contributed by atoms with E-state index in [2.05, 4.69) is 5.10 Å². The Morgan fingerprint density at radius 3 is 2.88 bits per heavy atom. The van der Waals surface area contributed by atoms with Gasteiger partial charge in [-0.05, 0) is 17.7 Å². The van der Waals surface area contributed by atoms with Gasteiger partial charge in [0.15, 0.2) is 0 Å². The molecule has 2 rings (SSSR count). The number of hydrogen-bond acceptors (Lipinski definition) is 4. The summed E-state index contributed by atoms with van der Waals surface area (Å²) < 4.78 is 28.1. The minimum Gasteiger partial charge on any atom is -0.268 e. The molecule has 0 fully saturated rings. The molecule has 86 valence electrons. The minimum absolute atomic E-state index is 0.0592. The lowest BCUT2D eigenvalue weighted by Crippen LogP contribution is -2.02. The van der Waals surface area contributed by atoms with E-state index in [1.807, 2.05) is 25.2 Å². The fourth-order valence-corrected chi connectivity index (χ4v) is 1.83. The Kier molecular flexibility index (Phi) is 2.69. The van der Waals surface area contributed by atoms with Crippen LogP contribution in [0.25, 0.3) is 10.9 Å². The molecule has 2 aromatic rings. The van der Waals surface area contributed by atoms with Crippen LogP contribution in [0.1, 0.15) is 5.56 Å². The predicted octanol–water partition coefficient (Wildman–Crippen LogP) is 1.05. The molecule has 0 atom stereocenters. The third kappa shape index (κ3) is 2.40. The van der Waals surface area contributed by atoms with Gasteiger partial charge < -0.3 is 0 Å². The van der Waals surface area contributed by atoms with Gasteiger partial charge in [-0.1, -0.05) is 6.07 Å². The third-order valence-electron chi connectivity index (χ3n) is 2.25. The van der Waals surface area contributed by atoms with Gasteiger partial charge in [-0.15, -0.1) is 0 Å². The zero-order valence-corrected chi connectivity index (χ0v) is 9.86. The molecular weight excluding hydrogens is 228 g/mol. The number of nitrogens with zero attached hydrogens (tertiary/aromatic N) is 2. The number of rotatable bonds is 3. The third-order valence-corrected chi connectivity index (χ3v) is 2.80. The second-order valence-electron chi connectivity index (χ2n) is 3.63. The van der Waals surface area contributed by atoms with Crippen molar-refractivity contribution in [3.63, 3.8) is 0 Å². The van der Waals surface area contributed by atoms with Crippen LogP contribution in [-0.2, 0) is 28.0 Å². The van der Waals surface area contributed by atoms with Crippen LogP contribution >= 0.6 is 0 Å². The van der Waals surface area contributed by atoms with Crippen molar-refractivity contribution < 1.29 is 12.6 Å². The average Bonchev–Trinajstić information content (AvgIpc) is 2.56. The van der Waals surface area contributed by atoms with E-state index in [1.54, 1.807) is 10.9 Å². The number of fused-ring (bicyclic) bond motifs is 1. The molecule has 16 heavy (non-hydrogen) atoms. The summed E-state index contributed by atoms with van der Waals surface area (Å²) in [6, 6.07) is 5.59. The van der Waals surface area contributed by atoms with Crippen LogP contribution in [0.2, 0.25) is 0 Å². The van der Waals surface area contributed by atoms with Crippen molar-refractivity contribution in [1.82, 2.24) is 9.78 Å². The van der Waals surface area contributed by atoms with Gasteiger partial charge in [0.1, 0.15) is 0 Å². The average molecular weight is 240 g/mol. The van der Waals surface area contributed by atoms with Crippen molar-refractivity contribution in [3.8, 4) is 0 Å². The smallest absolute Gasteiger partial charge is 0.264 e. The van der Waals surface area contributed by atoms with E-state index in [0.29, 0.717) is 0 Å². The lowest BCUT2D eigenvalue weighted by molar-refractivity contribution is 0.312. The minimum atomic E-state index is -3.39. The molecule has 0 aliphatic rings. The van der Waals surface area contributed by atoms with Crippen molar-refractivity contribution >= 4 is 21.0 Å². The molecular formula is C10H12N2O3S. The van der Waals surface area contributed by atoms with Gasteiger partial charge in [-0.2, -0.15) is 13.5 Å². The highest BCUT2D eigenvalue weighted by Gasteiger charge is 2.04. The summed E-state index contributed by atoms with van der Waals surface area (Å²) in [6.07, 6.45) is 2.77. The Balaban J connectivity index is 2.26. The molecule has 1 heterocycles. The molecule has 0 saturated heterocycles.